The van der Waals surface area contributed by atoms with Crippen LogP contribution in [0.25, 0.3) is 0 Å². The molecule has 0 amide bonds. The van der Waals surface area contributed by atoms with E-state index >= 15 is 0 Å². The molecule has 1 fully saturated rings. The molecule has 1 heterocycles. The van der Waals surface area contributed by atoms with Crippen LogP contribution in [0.2, 0.25) is 0 Å². The first-order chi connectivity index (χ1) is 5.08. The second-order valence-electron chi connectivity index (χ2n) is 4.75. The van der Waals surface area contributed by atoms with Crippen LogP contribution in [0.15, 0.2) is 0 Å². The molecular formula is C10H20O. The smallest absolute Gasteiger partial charge is 0.0580 e. The van der Waals surface area contributed by atoms with Gasteiger partial charge in [-0.2, -0.15) is 0 Å². The first-order valence-corrected chi connectivity index (χ1v) is 4.69. The van der Waals surface area contributed by atoms with Gasteiger partial charge in [-0.05, 0) is 31.1 Å². The fourth-order valence-corrected chi connectivity index (χ4v) is 1.65. The molecule has 0 aromatic heterocycles. The lowest BCUT2D eigenvalue weighted by Gasteiger charge is -2.28. The minimum Gasteiger partial charge on any atom is -0.378 e. The van der Waals surface area contributed by atoms with Crippen molar-refractivity contribution in [2.75, 3.05) is 6.61 Å². The predicted molar refractivity (Wildman–Crippen MR) is 47.7 cm³/mol. The van der Waals surface area contributed by atoms with E-state index in [9.17, 15) is 0 Å². The summed E-state index contributed by atoms with van der Waals surface area (Å²) in [6, 6.07) is 0. The van der Waals surface area contributed by atoms with Crippen molar-refractivity contribution in [3.63, 3.8) is 0 Å². The van der Waals surface area contributed by atoms with Crippen molar-refractivity contribution < 1.29 is 4.74 Å². The van der Waals surface area contributed by atoms with Crippen LogP contribution in [-0.4, -0.2) is 12.7 Å². The van der Waals surface area contributed by atoms with E-state index in [4.69, 9.17) is 4.74 Å². The fourth-order valence-electron chi connectivity index (χ4n) is 1.65. The molecule has 1 nitrogen and oxygen atoms in total. The first kappa shape index (κ1) is 9.05. The molecule has 1 rings (SSSR count). The maximum atomic E-state index is 5.65. The summed E-state index contributed by atoms with van der Waals surface area (Å²) >= 11 is 0. The molecule has 0 radical (unpaired) electrons. The second kappa shape index (κ2) is 3.57. The Bertz CT molecular complexity index is 107. The van der Waals surface area contributed by atoms with Crippen molar-refractivity contribution in [2.24, 2.45) is 5.41 Å². The summed E-state index contributed by atoms with van der Waals surface area (Å²) in [5.74, 6) is 0. The summed E-state index contributed by atoms with van der Waals surface area (Å²) in [5.41, 5.74) is 0.433. The number of hydrogen-bond donors (Lipinski definition) is 0. The van der Waals surface area contributed by atoms with Crippen molar-refractivity contribution in [1.82, 2.24) is 0 Å². The van der Waals surface area contributed by atoms with Gasteiger partial charge in [0.05, 0.1) is 6.10 Å². The van der Waals surface area contributed by atoms with E-state index in [2.05, 4.69) is 20.8 Å². The Kier molecular flexibility index (Phi) is 2.94. The van der Waals surface area contributed by atoms with Crippen molar-refractivity contribution in [3.8, 4) is 0 Å². The molecule has 0 aliphatic carbocycles. The Morgan fingerprint density at radius 2 is 2.00 bits per heavy atom. The SMILES string of the molecule is CC(C)(C)CC1CCCCO1. The van der Waals surface area contributed by atoms with Gasteiger partial charge < -0.3 is 4.74 Å². The van der Waals surface area contributed by atoms with Crippen LogP contribution in [0.4, 0.5) is 0 Å². The molecule has 0 N–H and O–H groups in total. The Hall–Kier alpha value is -0.0400. The Labute approximate surface area is 70.1 Å². The van der Waals surface area contributed by atoms with Crippen molar-refractivity contribution in [2.45, 2.75) is 52.6 Å². The van der Waals surface area contributed by atoms with Gasteiger partial charge in [-0.25, -0.2) is 0 Å². The monoisotopic (exact) mass is 156 g/mol. The zero-order chi connectivity index (χ0) is 8.32. The summed E-state index contributed by atoms with van der Waals surface area (Å²) in [5, 5.41) is 0. The molecule has 0 aromatic rings. The molecule has 1 aliphatic rings. The van der Waals surface area contributed by atoms with Crippen LogP contribution in [-0.2, 0) is 4.74 Å². The van der Waals surface area contributed by atoms with Crippen molar-refractivity contribution in [1.29, 1.82) is 0 Å². The molecule has 11 heavy (non-hydrogen) atoms. The van der Waals surface area contributed by atoms with E-state index in [1.807, 2.05) is 0 Å². The van der Waals surface area contributed by atoms with E-state index in [0.29, 0.717) is 11.5 Å². The lowest BCUT2D eigenvalue weighted by atomic mass is 9.87. The largest absolute Gasteiger partial charge is 0.378 e. The topological polar surface area (TPSA) is 9.23 Å². The normalized spacial score (nSPS) is 27.0. The van der Waals surface area contributed by atoms with E-state index in [1.54, 1.807) is 0 Å². The van der Waals surface area contributed by atoms with Gasteiger partial charge in [0.25, 0.3) is 0 Å². The summed E-state index contributed by atoms with van der Waals surface area (Å²) in [7, 11) is 0. The van der Waals surface area contributed by atoms with Gasteiger partial charge in [0.15, 0.2) is 0 Å². The number of rotatable bonds is 1. The minimum absolute atomic E-state index is 0.433. The first-order valence-electron chi connectivity index (χ1n) is 4.69. The van der Waals surface area contributed by atoms with Gasteiger partial charge >= 0.3 is 0 Å². The van der Waals surface area contributed by atoms with Gasteiger partial charge in [-0.3, -0.25) is 0 Å². The zero-order valence-electron chi connectivity index (χ0n) is 8.02. The third-order valence-corrected chi connectivity index (χ3v) is 2.11. The predicted octanol–water partition coefficient (Wildman–Crippen LogP) is 2.99. The molecule has 1 unspecified atom stereocenters. The zero-order valence-corrected chi connectivity index (χ0v) is 8.02. The van der Waals surface area contributed by atoms with Crippen molar-refractivity contribution >= 4 is 0 Å². The molecule has 66 valence electrons. The maximum absolute atomic E-state index is 5.65. The maximum Gasteiger partial charge on any atom is 0.0580 e. The molecule has 1 atom stereocenters. The molecule has 0 spiro atoms. The summed E-state index contributed by atoms with van der Waals surface area (Å²) in [6.45, 7) is 7.83. The lowest BCUT2D eigenvalue weighted by Crippen LogP contribution is -2.24. The van der Waals surface area contributed by atoms with Crippen LogP contribution < -0.4 is 0 Å². The Morgan fingerprint density at radius 3 is 2.45 bits per heavy atom. The van der Waals surface area contributed by atoms with E-state index in [-0.39, 0.29) is 0 Å². The third kappa shape index (κ3) is 3.76. The molecule has 0 aromatic carbocycles. The van der Waals surface area contributed by atoms with E-state index in [1.165, 1.54) is 25.7 Å². The van der Waals surface area contributed by atoms with Gasteiger partial charge in [-0.15, -0.1) is 0 Å². The third-order valence-electron chi connectivity index (χ3n) is 2.11. The average molecular weight is 156 g/mol. The highest BCUT2D eigenvalue weighted by atomic mass is 16.5. The average Bonchev–Trinajstić information content (AvgIpc) is 1.85. The van der Waals surface area contributed by atoms with Gasteiger partial charge in [-0.1, -0.05) is 20.8 Å². The highest BCUT2D eigenvalue weighted by Gasteiger charge is 2.20. The van der Waals surface area contributed by atoms with Crippen LogP contribution >= 0.6 is 0 Å². The minimum atomic E-state index is 0.433. The Balaban J connectivity index is 2.24. The lowest BCUT2D eigenvalue weighted by molar-refractivity contribution is -0.00699. The summed E-state index contributed by atoms with van der Waals surface area (Å²) in [6.07, 6.45) is 5.66. The Morgan fingerprint density at radius 1 is 1.27 bits per heavy atom. The van der Waals surface area contributed by atoms with Crippen LogP contribution in [0, 0.1) is 5.41 Å². The van der Waals surface area contributed by atoms with Gasteiger partial charge in [0, 0.05) is 6.61 Å². The molecule has 1 heteroatoms. The number of ether oxygens (including phenoxy) is 1. The molecule has 1 aliphatic heterocycles. The van der Waals surface area contributed by atoms with E-state index < -0.39 is 0 Å². The van der Waals surface area contributed by atoms with Crippen LogP contribution in [0.1, 0.15) is 46.5 Å². The van der Waals surface area contributed by atoms with Gasteiger partial charge in [0.2, 0.25) is 0 Å². The van der Waals surface area contributed by atoms with Crippen molar-refractivity contribution in [3.05, 3.63) is 0 Å². The quantitative estimate of drug-likeness (QED) is 0.567. The van der Waals surface area contributed by atoms with Crippen LogP contribution in [0.5, 0.6) is 0 Å². The highest BCUT2D eigenvalue weighted by Crippen LogP contribution is 2.26. The highest BCUT2D eigenvalue weighted by molar-refractivity contribution is 4.71. The molecule has 0 saturated carbocycles. The molecule has 0 bridgehead atoms. The fraction of sp³-hybridized carbons (Fsp3) is 1.00. The van der Waals surface area contributed by atoms with Gasteiger partial charge in [0.1, 0.15) is 0 Å². The standard InChI is InChI=1S/C10H20O/c1-10(2,3)8-9-6-4-5-7-11-9/h9H,4-8H2,1-3H3. The molecule has 1 saturated heterocycles. The van der Waals surface area contributed by atoms with Crippen LogP contribution in [0.3, 0.4) is 0 Å². The molecular weight excluding hydrogens is 136 g/mol. The summed E-state index contributed by atoms with van der Waals surface area (Å²) in [4.78, 5) is 0. The number of hydrogen-bond acceptors (Lipinski definition) is 1. The van der Waals surface area contributed by atoms with E-state index in [0.717, 1.165) is 6.61 Å². The second-order valence-corrected chi connectivity index (χ2v) is 4.75. The summed E-state index contributed by atoms with van der Waals surface area (Å²) < 4.78 is 5.65.